The number of carbonyl (C=O) groups is 1. The van der Waals surface area contributed by atoms with Gasteiger partial charge in [-0.25, -0.2) is 4.99 Å². The molecule has 0 radical (unpaired) electrons. The zero-order valence-electron chi connectivity index (χ0n) is 12.8. The van der Waals surface area contributed by atoms with Crippen molar-refractivity contribution >= 4 is 17.4 Å². The van der Waals surface area contributed by atoms with E-state index >= 15 is 0 Å². The molecule has 0 saturated heterocycles. The van der Waals surface area contributed by atoms with Gasteiger partial charge < -0.3 is 0 Å². The van der Waals surface area contributed by atoms with Crippen LogP contribution in [-0.4, -0.2) is 21.6 Å². The number of amides is 1. The summed E-state index contributed by atoms with van der Waals surface area (Å²) in [6.07, 6.45) is 1.76. The molecule has 1 unspecified atom stereocenters. The van der Waals surface area contributed by atoms with Gasteiger partial charge in [-0.15, -0.1) is 0 Å². The van der Waals surface area contributed by atoms with Gasteiger partial charge in [0.2, 0.25) is 0 Å². The summed E-state index contributed by atoms with van der Waals surface area (Å²) in [7, 11) is 0. The summed E-state index contributed by atoms with van der Waals surface area (Å²) >= 11 is 0. The molecule has 3 heterocycles. The van der Waals surface area contributed by atoms with E-state index in [0.717, 1.165) is 22.5 Å². The standard InChI is InChI=1S/C20H13N3O/c24-20-14-8-2-1-7-13(14)19-22-16-10-4-3-9-15(16)18(23(19)20)17-11-5-6-12-21-17/h1-12,18H. The lowest BCUT2D eigenvalue weighted by molar-refractivity contribution is 0.0829. The molecule has 1 amide bonds. The second kappa shape index (κ2) is 4.86. The van der Waals surface area contributed by atoms with E-state index in [1.54, 1.807) is 11.1 Å². The van der Waals surface area contributed by atoms with E-state index in [0.29, 0.717) is 11.4 Å². The molecule has 0 spiro atoms. The molecule has 114 valence electrons. The number of nitrogens with zero attached hydrogens (tertiary/aromatic N) is 3. The molecule has 3 aromatic rings. The molecule has 24 heavy (non-hydrogen) atoms. The van der Waals surface area contributed by atoms with Gasteiger partial charge in [-0.2, -0.15) is 0 Å². The molecule has 2 aromatic carbocycles. The first-order valence-electron chi connectivity index (χ1n) is 7.86. The first-order chi connectivity index (χ1) is 11.8. The van der Waals surface area contributed by atoms with Gasteiger partial charge in [0, 0.05) is 17.3 Å². The number of hydrogen-bond donors (Lipinski definition) is 0. The topological polar surface area (TPSA) is 45.6 Å². The molecule has 0 N–H and O–H groups in total. The Balaban J connectivity index is 1.80. The third kappa shape index (κ3) is 1.71. The predicted molar refractivity (Wildman–Crippen MR) is 91.3 cm³/mol. The number of para-hydroxylation sites is 1. The Morgan fingerprint density at radius 3 is 2.42 bits per heavy atom. The van der Waals surface area contributed by atoms with Crippen molar-refractivity contribution < 1.29 is 4.79 Å². The first-order valence-corrected chi connectivity index (χ1v) is 7.86. The molecular weight excluding hydrogens is 298 g/mol. The predicted octanol–water partition coefficient (Wildman–Crippen LogP) is 3.72. The minimum Gasteiger partial charge on any atom is -0.279 e. The molecule has 2 aliphatic rings. The van der Waals surface area contributed by atoms with Crippen LogP contribution in [0.25, 0.3) is 0 Å². The maximum Gasteiger partial charge on any atom is 0.261 e. The number of fused-ring (bicyclic) bond motifs is 4. The van der Waals surface area contributed by atoms with Crippen LogP contribution in [-0.2, 0) is 0 Å². The molecule has 4 nitrogen and oxygen atoms in total. The Morgan fingerprint density at radius 2 is 1.58 bits per heavy atom. The molecule has 0 bridgehead atoms. The van der Waals surface area contributed by atoms with Crippen LogP contribution in [0.3, 0.4) is 0 Å². The number of pyridine rings is 1. The molecule has 1 atom stereocenters. The Kier molecular flexibility index (Phi) is 2.67. The summed E-state index contributed by atoms with van der Waals surface area (Å²) in [6, 6.07) is 21.1. The van der Waals surface area contributed by atoms with Gasteiger partial charge in [0.05, 0.1) is 16.9 Å². The van der Waals surface area contributed by atoms with Gasteiger partial charge in [-0.3, -0.25) is 14.7 Å². The van der Waals surface area contributed by atoms with Crippen molar-refractivity contribution in [2.75, 3.05) is 0 Å². The minimum atomic E-state index is -0.255. The van der Waals surface area contributed by atoms with E-state index in [1.165, 1.54) is 0 Å². The summed E-state index contributed by atoms with van der Waals surface area (Å²) < 4.78 is 0. The summed E-state index contributed by atoms with van der Waals surface area (Å²) in [5.74, 6) is 0.694. The quantitative estimate of drug-likeness (QED) is 0.687. The van der Waals surface area contributed by atoms with Crippen molar-refractivity contribution in [2.24, 2.45) is 4.99 Å². The number of benzene rings is 2. The average Bonchev–Trinajstić information content (AvgIpc) is 2.93. The van der Waals surface area contributed by atoms with Crippen LogP contribution in [0, 0.1) is 0 Å². The van der Waals surface area contributed by atoms with Gasteiger partial charge in [0.1, 0.15) is 11.9 Å². The summed E-state index contributed by atoms with van der Waals surface area (Å²) in [6.45, 7) is 0. The number of rotatable bonds is 1. The third-order valence-corrected chi connectivity index (χ3v) is 4.53. The highest BCUT2D eigenvalue weighted by molar-refractivity contribution is 6.24. The maximum atomic E-state index is 13.0. The van der Waals surface area contributed by atoms with Crippen LogP contribution in [0.1, 0.15) is 33.2 Å². The van der Waals surface area contributed by atoms with E-state index in [9.17, 15) is 4.79 Å². The molecule has 1 aromatic heterocycles. The smallest absolute Gasteiger partial charge is 0.261 e. The SMILES string of the molecule is O=C1c2ccccc2C2=Nc3ccccc3C(c3ccccn3)N12. The van der Waals surface area contributed by atoms with Crippen LogP contribution in [0.15, 0.2) is 77.9 Å². The minimum absolute atomic E-state index is 0.0190. The van der Waals surface area contributed by atoms with E-state index in [4.69, 9.17) is 4.99 Å². The fourth-order valence-electron chi connectivity index (χ4n) is 3.48. The van der Waals surface area contributed by atoms with Gasteiger partial charge in [0.25, 0.3) is 5.91 Å². The lowest BCUT2D eigenvalue weighted by atomic mass is 9.97. The van der Waals surface area contributed by atoms with Crippen molar-refractivity contribution in [2.45, 2.75) is 6.04 Å². The normalized spacial score (nSPS) is 17.8. The number of aromatic nitrogens is 1. The molecule has 0 saturated carbocycles. The van der Waals surface area contributed by atoms with Gasteiger partial charge in [0.15, 0.2) is 0 Å². The van der Waals surface area contributed by atoms with Crippen molar-refractivity contribution in [3.8, 4) is 0 Å². The van der Waals surface area contributed by atoms with Gasteiger partial charge in [-0.05, 0) is 24.3 Å². The Hall–Kier alpha value is -3.27. The largest absolute Gasteiger partial charge is 0.279 e. The van der Waals surface area contributed by atoms with Crippen molar-refractivity contribution in [1.82, 2.24) is 9.88 Å². The third-order valence-electron chi connectivity index (χ3n) is 4.53. The monoisotopic (exact) mass is 311 g/mol. The summed E-state index contributed by atoms with van der Waals surface area (Å²) in [4.78, 5) is 24.1. The first kappa shape index (κ1) is 13.2. The highest BCUT2D eigenvalue weighted by atomic mass is 16.2. The molecule has 5 rings (SSSR count). The highest BCUT2D eigenvalue weighted by Crippen LogP contribution is 2.43. The van der Waals surface area contributed by atoms with Crippen molar-refractivity contribution in [3.63, 3.8) is 0 Å². The Labute approximate surface area is 139 Å². The van der Waals surface area contributed by atoms with Crippen LogP contribution < -0.4 is 0 Å². The van der Waals surface area contributed by atoms with Crippen LogP contribution in [0.2, 0.25) is 0 Å². The number of carbonyl (C=O) groups excluding carboxylic acids is 1. The molecule has 2 aliphatic heterocycles. The Bertz CT molecular complexity index is 995. The van der Waals surface area contributed by atoms with Crippen LogP contribution in [0.4, 0.5) is 5.69 Å². The average molecular weight is 311 g/mol. The second-order valence-electron chi connectivity index (χ2n) is 5.87. The molecule has 0 aliphatic carbocycles. The van der Waals surface area contributed by atoms with Crippen molar-refractivity contribution in [1.29, 1.82) is 0 Å². The lowest BCUT2D eigenvalue weighted by Gasteiger charge is -2.32. The maximum absolute atomic E-state index is 13.0. The van der Waals surface area contributed by atoms with E-state index in [1.807, 2.05) is 66.7 Å². The van der Waals surface area contributed by atoms with Crippen molar-refractivity contribution in [3.05, 3.63) is 95.3 Å². The number of amidine groups is 1. The van der Waals surface area contributed by atoms with Gasteiger partial charge >= 0.3 is 0 Å². The summed E-state index contributed by atoms with van der Waals surface area (Å²) in [5.41, 5.74) is 4.33. The van der Waals surface area contributed by atoms with Crippen LogP contribution in [0.5, 0.6) is 0 Å². The molecule has 0 fully saturated rings. The number of hydrogen-bond acceptors (Lipinski definition) is 3. The molecule has 4 heteroatoms. The van der Waals surface area contributed by atoms with Gasteiger partial charge in [-0.1, -0.05) is 42.5 Å². The van der Waals surface area contributed by atoms with E-state index in [-0.39, 0.29) is 11.9 Å². The van der Waals surface area contributed by atoms with Crippen LogP contribution >= 0.6 is 0 Å². The highest BCUT2D eigenvalue weighted by Gasteiger charge is 2.43. The number of aliphatic imine (C=N–C) groups is 1. The van der Waals surface area contributed by atoms with E-state index in [2.05, 4.69) is 4.98 Å². The lowest BCUT2D eigenvalue weighted by Crippen LogP contribution is -2.37. The zero-order valence-corrected chi connectivity index (χ0v) is 12.8. The second-order valence-corrected chi connectivity index (χ2v) is 5.87. The zero-order chi connectivity index (χ0) is 16.1. The Morgan fingerprint density at radius 1 is 0.833 bits per heavy atom. The van der Waals surface area contributed by atoms with E-state index < -0.39 is 0 Å². The summed E-state index contributed by atoms with van der Waals surface area (Å²) in [5, 5.41) is 0. The fraction of sp³-hybridized carbons (Fsp3) is 0.0500. The molecular formula is C20H13N3O. The fourth-order valence-corrected chi connectivity index (χ4v) is 3.48.